The first-order valence-corrected chi connectivity index (χ1v) is 7.31. The van der Waals surface area contributed by atoms with Crippen LogP contribution in [0.1, 0.15) is 23.2 Å². The number of furan rings is 1. The first kappa shape index (κ1) is 14.2. The number of aliphatic imine (C=N–C) groups is 1. The van der Waals surface area contributed by atoms with Crippen molar-refractivity contribution in [2.45, 2.75) is 6.92 Å². The van der Waals surface area contributed by atoms with Gasteiger partial charge in [-0.1, -0.05) is 18.2 Å². The van der Waals surface area contributed by atoms with E-state index >= 15 is 0 Å². The Morgan fingerprint density at radius 2 is 2.04 bits per heavy atom. The third-order valence-corrected chi connectivity index (χ3v) is 3.69. The van der Waals surface area contributed by atoms with E-state index in [4.69, 9.17) is 9.15 Å². The first-order chi connectivity index (χ1) is 11.6. The third-order valence-electron chi connectivity index (χ3n) is 3.69. The minimum atomic E-state index is -0.582. The van der Waals surface area contributed by atoms with Gasteiger partial charge in [0.1, 0.15) is 0 Å². The molecule has 1 aliphatic heterocycles. The topological polar surface area (TPSA) is 73.8 Å². The summed E-state index contributed by atoms with van der Waals surface area (Å²) in [6.45, 7) is 1.47. The van der Waals surface area contributed by atoms with Gasteiger partial charge in [-0.05, 0) is 30.3 Å². The largest absolute Gasteiger partial charge is 0.459 e. The fourth-order valence-electron chi connectivity index (χ4n) is 2.69. The molecule has 0 aliphatic carbocycles. The standard InChI is InChI=1S/C18H12N2O4/c1-11(21)20-13(9-12-5-2-3-6-15(12)20)10-14-18(22)24-17(19-14)16-7-4-8-23-16/h2-10H,1H3/b14-10-. The second kappa shape index (κ2) is 5.34. The summed E-state index contributed by atoms with van der Waals surface area (Å²) in [5.74, 6) is -0.244. The zero-order valence-electron chi connectivity index (χ0n) is 12.7. The molecule has 1 aliphatic rings. The van der Waals surface area contributed by atoms with Crippen LogP contribution in [0.2, 0.25) is 0 Å². The van der Waals surface area contributed by atoms with Gasteiger partial charge in [0.2, 0.25) is 5.91 Å². The first-order valence-electron chi connectivity index (χ1n) is 7.31. The highest BCUT2D eigenvalue weighted by molar-refractivity contribution is 6.12. The number of benzene rings is 1. The Balaban J connectivity index is 1.84. The molecule has 3 heterocycles. The van der Waals surface area contributed by atoms with Crippen molar-refractivity contribution < 1.29 is 18.7 Å². The average Bonchev–Trinajstić information content (AvgIpc) is 3.26. The van der Waals surface area contributed by atoms with E-state index < -0.39 is 5.97 Å². The number of rotatable bonds is 2. The van der Waals surface area contributed by atoms with Crippen molar-refractivity contribution in [2.24, 2.45) is 4.99 Å². The molecule has 118 valence electrons. The van der Waals surface area contributed by atoms with Crippen LogP contribution in [-0.2, 0) is 9.53 Å². The maximum Gasteiger partial charge on any atom is 0.364 e. The number of fused-ring (bicyclic) bond motifs is 1. The Bertz CT molecular complexity index is 1020. The van der Waals surface area contributed by atoms with Crippen LogP contribution < -0.4 is 0 Å². The molecule has 0 saturated heterocycles. The van der Waals surface area contributed by atoms with Crippen molar-refractivity contribution in [2.75, 3.05) is 0 Å². The summed E-state index contributed by atoms with van der Waals surface area (Å²) in [5, 5.41) is 0.904. The van der Waals surface area contributed by atoms with Crippen LogP contribution in [0, 0.1) is 0 Å². The van der Waals surface area contributed by atoms with E-state index in [1.54, 1.807) is 18.2 Å². The van der Waals surface area contributed by atoms with Gasteiger partial charge in [-0.2, -0.15) is 0 Å². The second-order valence-corrected chi connectivity index (χ2v) is 5.30. The van der Waals surface area contributed by atoms with Gasteiger partial charge >= 0.3 is 5.97 Å². The molecule has 2 aromatic heterocycles. The van der Waals surface area contributed by atoms with E-state index in [2.05, 4.69) is 4.99 Å². The summed E-state index contributed by atoms with van der Waals surface area (Å²) < 4.78 is 11.8. The van der Waals surface area contributed by atoms with Crippen molar-refractivity contribution in [3.05, 3.63) is 65.9 Å². The molecule has 3 aromatic rings. The molecule has 6 heteroatoms. The van der Waals surface area contributed by atoms with Gasteiger partial charge < -0.3 is 9.15 Å². The van der Waals surface area contributed by atoms with Gasteiger partial charge in [-0.3, -0.25) is 9.36 Å². The third kappa shape index (κ3) is 2.25. The number of cyclic esters (lactones) is 1. The summed E-state index contributed by atoms with van der Waals surface area (Å²) in [5.41, 5.74) is 1.46. The van der Waals surface area contributed by atoms with Crippen LogP contribution in [0.3, 0.4) is 0 Å². The van der Waals surface area contributed by atoms with E-state index in [0.717, 1.165) is 10.9 Å². The number of carbonyl (C=O) groups is 2. The van der Waals surface area contributed by atoms with Gasteiger partial charge in [0, 0.05) is 12.3 Å². The molecule has 0 atom stereocenters. The lowest BCUT2D eigenvalue weighted by Crippen LogP contribution is -2.08. The maximum atomic E-state index is 12.0. The Morgan fingerprint density at radius 3 is 2.79 bits per heavy atom. The van der Waals surface area contributed by atoms with Crippen molar-refractivity contribution in [3.63, 3.8) is 0 Å². The summed E-state index contributed by atoms with van der Waals surface area (Å²) in [6, 6.07) is 12.7. The number of ether oxygens (including phenoxy) is 1. The summed E-state index contributed by atoms with van der Waals surface area (Å²) >= 11 is 0. The molecular weight excluding hydrogens is 308 g/mol. The fourth-order valence-corrected chi connectivity index (χ4v) is 2.69. The Hall–Kier alpha value is -3.41. The summed E-state index contributed by atoms with van der Waals surface area (Å²) in [7, 11) is 0. The van der Waals surface area contributed by atoms with Crippen LogP contribution in [0.25, 0.3) is 17.0 Å². The monoisotopic (exact) mass is 320 g/mol. The molecule has 0 radical (unpaired) electrons. The summed E-state index contributed by atoms with van der Waals surface area (Å²) in [6.07, 6.45) is 3.01. The molecule has 1 aromatic carbocycles. The van der Waals surface area contributed by atoms with Crippen LogP contribution >= 0.6 is 0 Å². The number of esters is 1. The van der Waals surface area contributed by atoms with Crippen LogP contribution in [0.15, 0.2) is 63.8 Å². The molecule has 0 fully saturated rings. The predicted octanol–water partition coefficient (Wildman–Crippen LogP) is 3.24. The molecule has 0 unspecified atom stereocenters. The molecule has 4 rings (SSSR count). The lowest BCUT2D eigenvalue weighted by Gasteiger charge is -2.02. The zero-order valence-corrected chi connectivity index (χ0v) is 12.7. The average molecular weight is 320 g/mol. The van der Waals surface area contributed by atoms with Crippen LogP contribution in [0.4, 0.5) is 0 Å². The minimum absolute atomic E-state index is 0.113. The van der Waals surface area contributed by atoms with Crippen molar-refractivity contribution in [3.8, 4) is 0 Å². The van der Waals surface area contributed by atoms with E-state index in [9.17, 15) is 9.59 Å². The molecule has 24 heavy (non-hydrogen) atoms. The molecule has 6 nitrogen and oxygen atoms in total. The normalized spacial score (nSPS) is 15.8. The number of para-hydroxylation sites is 1. The fraction of sp³-hybridized carbons (Fsp3) is 0.0556. The lowest BCUT2D eigenvalue weighted by molar-refractivity contribution is -0.130. The van der Waals surface area contributed by atoms with Crippen LogP contribution in [0.5, 0.6) is 0 Å². The molecule has 0 N–H and O–H groups in total. The van der Waals surface area contributed by atoms with Gasteiger partial charge in [0.15, 0.2) is 11.5 Å². The van der Waals surface area contributed by atoms with E-state index in [1.165, 1.54) is 17.8 Å². The van der Waals surface area contributed by atoms with Gasteiger partial charge in [-0.15, -0.1) is 0 Å². The van der Waals surface area contributed by atoms with E-state index in [0.29, 0.717) is 11.5 Å². The van der Waals surface area contributed by atoms with E-state index in [1.807, 2.05) is 30.3 Å². The quantitative estimate of drug-likeness (QED) is 0.537. The number of hydrogen-bond donors (Lipinski definition) is 0. The number of aromatic nitrogens is 1. The van der Waals surface area contributed by atoms with E-state index in [-0.39, 0.29) is 17.5 Å². The molecular formula is C18H12N2O4. The number of nitrogens with zero attached hydrogens (tertiary/aromatic N) is 2. The SMILES string of the molecule is CC(=O)n1c(/C=C2\N=C(c3ccco3)OC2=O)cc2ccccc21. The highest BCUT2D eigenvalue weighted by atomic mass is 16.6. The van der Waals surface area contributed by atoms with Crippen LogP contribution in [-0.4, -0.2) is 22.3 Å². The lowest BCUT2D eigenvalue weighted by atomic mass is 10.2. The molecule has 0 amide bonds. The Labute approximate surface area is 136 Å². The van der Waals surface area contributed by atoms with Crippen molar-refractivity contribution >= 4 is 34.8 Å². The van der Waals surface area contributed by atoms with Gasteiger partial charge in [0.25, 0.3) is 5.90 Å². The minimum Gasteiger partial charge on any atom is -0.459 e. The molecule has 0 spiro atoms. The van der Waals surface area contributed by atoms with Gasteiger partial charge in [-0.25, -0.2) is 9.79 Å². The Morgan fingerprint density at radius 1 is 1.21 bits per heavy atom. The number of carbonyl (C=O) groups excluding carboxylic acids is 2. The highest BCUT2D eigenvalue weighted by Gasteiger charge is 2.26. The summed E-state index contributed by atoms with van der Waals surface area (Å²) in [4.78, 5) is 28.2. The zero-order chi connectivity index (χ0) is 16.7. The predicted molar refractivity (Wildman–Crippen MR) is 87.6 cm³/mol. The van der Waals surface area contributed by atoms with Gasteiger partial charge in [0.05, 0.1) is 17.5 Å². The maximum absolute atomic E-state index is 12.0. The van der Waals surface area contributed by atoms with Crippen molar-refractivity contribution in [1.82, 2.24) is 4.57 Å². The number of hydrogen-bond acceptors (Lipinski definition) is 5. The second-order valence-electron chi connectivity index (χ2n) is 5.30. The van der Waals surface area contributed by atoms with Crippen molar-refractivity contribution in [1.29, 1.82) is 0 Å². The Kier molecular flexibility index (Phi) is 3.16. The molecule has 0 bridgehead atoms. The smallest absolute Gasteiger partial charge is 0.364 e. The highest BCUT2D eigenvalue weighted by Crippen LogP contribution is 2.24. The molecule has 0 saturated carbocycles.